The van der Waals surface area contributed by atoms with Crippen molar-refractivity contribution in [2.45, 2.75) is 12.6 Å². The van der Waals surface area contributed by atoms with Crippen LogP contribution in [-0.4, -0.2) is 53.2 Å². The second kappa shape index (κ2) is 9.49. The third-order valence-corrected chi connectivity index (χ3v) is 5.22. The number of rotatable bonds is 7. The second-order valence-electron chi connectivity index (χ2n) is 7.18. The largest absolute Gasteiger partial charge is 0.379 e. The molecule has 1 amide bonds. The third kappa shape index (κ3) is 5.10. The summed E-state index contributed by atoms with van der Waals surface area (Å²) >= 11 is 0. The van der Waals surface area contributed by atoms with E-state index in [1.807, 2.05) is 67.0 Å². The van der Waals surface area contributed by atoms with E-state index in [-0.39, 0.29) is 11.9 Å². The van der Waals surface area contributed by atoms with Crippen LogP contribution in [-0.2, 0) is 11.3 Å². The minimum absolute atomic E-state index is 0.0389. The van der Waals surface area contributed by atoms with Gasteiger partial charge in [-0.25, -0.2) is 0 Å². The molecule has 0 saturated carbocycles. The number of carbonyl (C=O) groups is 1. The molecule has 6 heteroatoms. The van der Waals surface area contributed by atoms with Crippen molar-refractivity contribution in [3.05, 3.63) is 90.0 Å². The van der Waals surface area contributed by atoms with Gasteiger partial charge in [0, 0.05) is 50.3 Å². The zero-order chi connectivity index (χ0) is 19.9. The number of nitrogens with zero attached hydrogens (tertiary/aromatic N) is 3. The van der Waals surface area contributed by atoms with Gasteiger partial charge in [0.2, 0.25) is 0 Å². The highest BCUT2D eigenvalue weighted by Gasteiger charge is 2.24. The Bertz CT molecular complexity index is 888. The normalized spacial score (nSPS) is 15.7. The monoisotopic (exact) mass is 390 g/mol. The summed E-state index contributed by atoms with van der Waals surface area (Å²) in [4.78, 5) is 19.6. The summed E-state index contributed by atoms with van der Waals surface area (Å²) in [5, 5.41) is 3.09. The molecule has 6 nitrogen and oxygen atoms in total. The molecule has 4 rings (SSSR count). The second-order valence-corrected chi connectivity index (χ2v) is 7.18. The van der Waals surface area contributed by atoms with Crippen molar-refractivity contribution in [3.8, 4) is 0 Å². The predicted molar refractivity (Wildman–Crippen MR) is 112 cm³/mol. The molecule has 0 spiro atoms. The fraction of sp³-hybridized carbons (Fsp3) is 0.304. The molecule has 3 heterocycles. The molecular weight excluding hydrogens is 364 g/mol. The molecule has 2 aromatic heterocycles. The summed E-state index contributed by atoms with van der Waals surface area (Å²) in [6, 6.07) is 17.8. The van der Waals surface area contributed by atoms with Crippen LogP contribution in [0.3, 0.4) is 0 Å². The van der Waals surface area contributed by atoms with Gasteiger partial charge in [-0.1, -0.05) is 18.2 Å². The minimum Gasteiger partial charge on any atom is -0.379 e. The Morgan fingerprint density at radius 1 is 1.03 bits per heavy atom. The van der Waals surface area contributed by atoms with Crippen LogP contribution in [0.15, 0.2) is 73.2 Å². The van der Waals surface area contributed by atoms with Crippen molar-refractivity contribution in [2.24, 2.45) is 0 Å². The van der Waals surface area contributed by atoms with E-state index in [0.717, 1.165) is 30.9 Å². The molecule has 0 radical (unpaired) electrons. The molecule has 0 aliphatic carbocycles. The van der Waals surface area contributed by atoms with Gasteiger partial charge in [-0.05, 0) is 42.0 Å². The van der Waals surface area contributed by atoms with Crippen LogP contribution in [0.25, 0.3) is 0 Å². The van der Waals surface area contributed by atoms with E-state index in [1.165, 1.54) is 0 Å². The summed E-state index contributed by atoms with van der Waals surface area (Å²) < 4.78 is 7.58. The Kier molecular flexibility index (Phi) is 6.34. The van der Waals surface area contributed by atoms with Crippen LogP contribution in [0, 0.1) is 0 Å². The smallest absolute Gasteiger partial charge is 0.251 e. The highest BCUT2D eigenvalue weighted by atomic mass is 16.5. The van der Waals surface area contributed by atoms with Gasteiger partial charge in [0.25, 0.3) is 5.91 Å². The first-order valence-corrected chi connectivity index (χ1v) is 10.0. The molecule has 1 aliphatic rings. The molecule has 150 valence electrons. The zero-order valence-corrected chi connectivity index (χ0v) is 16.4. The van der Waals surface area contributed by atoms with Gasteiger partial charge in [-0.3, -0.25) is 14.7 Å². The number of pyridine rings is 1. The van der Waals surface area contributed by atoms with Crippen LogP contribution < -0.4 is 5.32 Å². The maximum absolute atomic E-state index is 12.7. The lowest BCUT2D eigenvalue weighted by Gasteiger charge is -2.34. The fourth-order valence-corrected chi connectivity index (χ4v) is 3.62. The number of hydrogen-bond acceptors (Lipinski definition) is 4. The third-order valence-electron chi connectivity index (χ3n) is 5.22. The van der Waals surface area contributed by atoms with Crippen LogP contribution in [0.4, 0.5) is 0 Å². The molecule has 1 aliphatic heterocycles. The van der Waals surface area contributed by atoms with Crippen molar-refractivity contribution in [1.82, 2.24) is 19.8 Å². The summed E-state index contributed by atoms with van der Waals surface area (Å²) in [6.07, 6.45) is 5.86. The summed E-state index contributed by atoms with van der Waals surface area (Å²) in [5.74, 6) is -0.0632. The van der Waals surface area contributed by atoms with Crippen LogP contribution >= 0.6 is 0 Å². The predicted octanol–water partition coefficient (Wildman–Crippen LogP) is 2.73. The Morgan fingerprint density at radius 3 is 2.48 bits per heavy atom. The van der Waals surface area contributed by atoms with Crippen LogP contribution in [0.2, 0.25) is 0 Å². The van der Waals surface area contributed by atoms with Crippen molar-refractivity contribution in [3.63, 3.8) is 0 Å². The first-order chi connectivity index (χ1) is 14.3. The molecule has 29 heavy (non-hydrogen) atoms. The van der Waals surface area contributed by atoms with Gasteiger partial charge < -0.3 is 14.6 Å². The fourth-order valence-electron chi connectivity index (χ4n) is 3.62. The maximum atomic E-state index is 12.7. The van der Waals surface area contributed by atoms with E-state index in [9.17, 15) is 4.79 Å². The van der Waals surface area contributed by atoms with E-state index in [2.05, 4.69) is 19.8 Å². The molecule has 0 unspecified atom stereocenters. The highest BCUT2D eigenvalue weighted by Crippen LogP contribution is 2.19. The standard InChI is InChI=1S/C23H26N4O2/c28-23(20-8-6-19(7-9-20)18-26-11-3-4-12-26)25-17-22(21-5-1-2-10-24-21)27-13-15-29-16-14-27/h1-12,22H,13-18H2,(H,25,28)/t22-/m1/s1. The van der Waals surface area contributed by atoms with Crippen LogP contribution in [0.5, 0.6) is 0 Å². The molecule has 1 N–H and O–H groups in total. The SMILES string of the molecule is O=C(NC[C@H](c1ccccn1)N1CCOCC1)c1ccc(Cn2cccc2)cc1. The van der Waals surface area contributed by atoms with Gasteiger partial charge in [0.1, 0.15) is 0 Å². The molecule has 0 bridgehead atoms. The number of morpholine rings is 1. The van der Waals surface area contributed by atoms with E-state index in [0.29, 0.717) is 25.3 Å². The average molecular weight is 390 g/mol. The van der Waals surface area contributed by atoms with Gasteiger partial charge >= 0.3 is 0 Å². The van der Waals surface area contributed by atoms with Gasteiger partial charge in [0.15, 0.2) is 0 Å². The molecular formula is C23H26N4O2. The molecule has 3 aromatic rings. The van der Waals surface area contributed by atoms with E-state index >= 15 is 0 Å². The quantitative estimate of drug-likeness (QED) is 0.674. The van der Waals surface area contributed by atoms with Gasteiger partial charge in [-0.15, -0.1) is 0 Å². The van der Waals surface area contributed by atoms with Crippen molar-refractivity contribution >= 4 is 5.91 Å². The summed E-state index contributed by atoms with van der Waals surface area (Å²) in [6.45, 7) is 4.41. The van der Waals surface area contributed by atoms with Crippen LogP contribution in [0.1, 0.15) is 27.7 Å². The van der Waals surface area contributed by atoms with E-state index in [4.69, 9.17) is 4.74 Å². The lowest BCUT2D eigenvalue weighted by Crippen LogP contribution is -2.44. The van der Waals surface area contributed by atoms with Gasteiger partial charge in [-0.2, -0.15) is 0 Å². The number of ether oxygens (including phenoxy) is 1. The number of carbonyl (C=O) groups excluding carboxylic acids is 1. The maximum Gasteiger partial charge on any atom is 0.251 e. The highest BCUT2D eigenvalue weighted by molar-refractivity contribution is 5.94. The number of nitrogens with one attached hydrogen (secondary N) is 1. The topological polar surface area (TPSA) is 59.4 Å². The first kappa shape index (κ1) is 19.4. The zero-order valence-electron chi connectivity index (χ0n) is 16.4. The van der Waals surface area contributed by atoms with Gasteiger partial charge in [0.05, 0.1) is 24.9 Å². The van der Waals surface area contributed by atoms with E-state index < -0.39 is 0 Å². The number of hydrogen-bond donors (Lipinski definition) is 1. The Balaban J connectivity index is 1.39. The van der Waals surface area contributed by atoms with Crippen molar-refractivity contribution < 1.29 is 9.53 Å². The molecule has 1 saturated heterocycles. The lowest BCUT2D eigenvalue weighted by atomic mass is 10.1. The summed E-state index contributed by atoms with van der Waals surface area (Å²) in [5.41, 5.74) is 2.80. The van der Waals surface area contributed by atoms with Crippen molar-refractivity contribution in [1.29, 1.82) is 0 Å². The lowest BCUT2D eigenvalue weighted by molar-refractivity contribution is 0.0154. The Morgan fingerprint density at radius 2 is 1.79 bits per heavy atom. The Hall–Kier alpha value is -2.96. The number of benzene rings is 1. The average Bonchev–Trinajstić information content (AvgIpc) is 3.29. The summed E-state index contributed by atoms with van der Waals surface area (Å²) in [7, 11) is 0. The molecule has 1 atom stereocenters. The minimum atomic E-state index is -0.0632. The van der Waals surface area contributed by atoms with E-state index in [1.54, 1.807) is 6.20 Å². The van der Waals surface area contributed by atoms with Crippen molar-refractivity contribution in [2.75, 3.05) is 32.8 Å². The number of aromatic nitrogens is 2. The first-order valence-electron chi connectivity index (χ1n) is 10.0. The molecule has 1 fully saturated rings. The molecule has 1 aromatic carbocycles. The Labute approximate surface area is 171 Å². The number of amides is 1.